The minimum absolute atomic E-state index is 0.0233. The van der Waals surface area contributed by atoms with E-state index in [1.807, 2.05) is 20.8 Å². The van der Waals surface area contributed by atoms with Crippen LogP contribution in [-0.2, 0) is 4.74 Å². The van der Waals surface area contributed by atoms with Crippen LogP contribution in [0.3, 0.4) is 0 Å². The Hall–Kier alpha value is -3.66. The molecule has 2 N–H and O–H groups in total. The number of anilines is 1. The van der Waals surface area contributed by atoms with Gasteiger partial charge in [0.05, 0.1) is 23.3 Å². The second kappa shape index (κ2) is 13.2. The summed E-state index contributed by atoms with van der Waals surface area (Å²) in [4.78, 5) is 42.1. The molecule has 1 heterocycles. The van der Waals surface area contributed by atoms with Crippen molar-refractivity contribution in [3.8, 4) is 5.75 Å². The number of carbonyl (C=O) groups excluding carboxylic acids is 3. The van der Waals surface area contributed by atoms with Gasteiger partial charge in [-0.15, -0.1) is 0 Å². The second-order valence-electron chi connectivity index (χ2n) is 9.63. The number of methoxy groups -OCH3 is 1. The Morgan fingerprint density at radius 2 is 1.89 bits per heavy atom. The molecular weight excluding hydrogens is 491 g/mol. The summed E-state index contributed by atoms with van der Waals surface area (Å²) in [5, 5.41) is 5.48. The molecular formula is C28H37FN4O5. The van der Waals surface area contributed by atoms with Crippen molar-refractivity contribution in [3.63, 3.8) is 0 Å². The topological polar surface area (TPSA) is 100 Å². The Kier molecular flexibility index (Phi) is 10.1. The summed E-state index contributed by atoms with van der Waals surface area (Å²) in [7, 11) is 3.24. The van der Waals surface area contributed by atoms with Crippen LogP contribution < -0.4 is 15.4 Å². The molecule has 0 radical (unpaired) electrons. The predicted octanol–water partition coefficient (Wildman–Crippen LogP) is 4.00. The van der Waals surface area contributed by atoms with Gasteiger partial charge < -0.3 is 29.9 Å². The molecule has 0 aromatic heterocycles. The van der Waals surface area contributed by atoms with E-state index in [2.05, 4.69) is 10.6 Å². The molecule has 0 saturated heterocycles. The highest BCUT2D eigenvalue weighted by Crippen LogP contribution is 2.27. The van der Waals surface area contributed by atoms with Gasteiger partial charge in [0.1, 0.15) is 18.2 Å². The number of fused-ring (bicyclic) bond motifs is 1. The number of nitrogens with zero attached hydrogens (tertiary/aromatic N) is 2. The number of nitrogens with one attached hydrogen (secondary N) is 2. The van der Waals surface area contributed by atoms with Gasteiger partial charge in [0.25, 0.3) is 11.8 Å². The number of hydrogen-bond donors (Lipinski definition) is 2. The van der Waals surface area contributed by atoms with E-state index in [9.17, 15) is 18.8 Å². The number of rotatable bonds is 5. The maximum Gasteiger partial charge on any atom is 0.319 e. The van der Waals surface area contributed by atoms with Gasteiger partial charge in [0.15, 0.2) is 0 Å². The summed E-state index contributed by atoms with van der Waals surface area (Å²) in [5.74, 6) is -1.21. The Bertz CT molecular complexity index is 1140. The molecule has 4 amide bonds. The molecule has 0 bridgehead atoms. The van der Waals surface area contributed by atoms with E-state index >= 15 is 0 Å². The smallest absolute Gasteiger partial charge is 0.319 e. The Morgan fingerprint density at radius 1 is 1.16 bits per heavy atom. The third-order valence-electron chi connectivity index (χ3n) is 6.61. The van der Waals surface area contributed by atoms with Gasteiger partial charge in [-0.2, -0.15) is 0 Å². The fraction of sp³-hybridized carbons (Fsp3) is 0.464. The number of halogens is 1. The first kappa shape index (κ1) is 28.9. The number of likely N-dealkylation sites (N-methyl/N-ethyl adjacent to an activating group) is 1. The van der Waals surface area contributed by atoms with Crippen molar-refractivity contribution in [2.24, 2.45) is 5.92 Å². The summed E-state index contributed by atoms with van der Waals surface area (Å²) < 4.78 is 26.3. The van der Waals surface area contributed by atoms with E-state index in [0.717, 1.165) is 6.42 Å². The van der Waals surface area contributed by atoms with E-state index in [-0.39, 0.29) is 55.0 Å². The molecule has 1 aliphatic rings. The van der Waals surface area contributed by atoms with Crippen molar-refractivity contribution in [1.29, 1.82) is 0 Å². The average Bonchev–Trinajstić information content (AvgIpc) is 2.91. The fourth-order valence-corrected chi connectivity index (χ4v) is 4.34. The molecule has 10 heteroatoms. The molecule has 3 atom stereocenters. The summed E-state index contributed by atoms with van der Waals surface area (Å²) in [6.45, 7) is 6.80. The number of hydrogen-bond acceptors (Lipinski definition) is 5. The molecule has 0 fully saturated rings. The number of urea groups is 1. The van der Waals surface area contributed by atoms with Gasteiger partial charge in [-0.25, -0.2) is 9.18 Å². The summed E-state index contributed by atoms with van der Waals surface area (Å²) >= 11 is 0. The maximum atomic E-state index is 14.5. The van der Waals surface area contributed by atoms with Crippen molar-refractivity contribution < 1.29 is 28.2 Å². The Morgan fingerprint density at radius 3 is 2.58 bits per heavy atom. The van der Waals surface area contributed by atoms with Crippen molar-refractivity contribution in [2.75, 3.05) is 45.7 Å². The molecule has 2 aromatic rings. The number of ether oxygens (including phenoxy) is 2. The number of carbonyl (C=O) groups is 3. The quantitative estimate of drug-likeness (QED) is 0.611. The standard InChI is InChI=1S/C28H37FN4O5/c1-6-13-30-28(36)31-20-11-12-22-24(14-20)38-17-19(3)33(27(35)21-9-7-8-10-23(21)29)15-18(2)25(37-5)16-32(4)26(22)34/h7-12,14,18-19,25H,6,13,15-17H2,1-5H3,(H2,30,31,36)/t18-,19-,25-/m1/s1. The molecule has 9 nitrogen and oxygen atoms in total. The molecule has 0 unspecified atom stereocenters. The summed E-state index contributed by atoms with van der Waals surface area (Å²) in [6, 6.07) is 9.88. The van der Waals surface area contributed by atoms with Gasteiger partial charge in [-0.3, -0.25) is 9.59 Å². The van der Waals surface area contributed by atoms with Crippen LogP contribution in [0.1, 0.15) is 47.9 Å². The third-order valence-corrected chi connectivity index (χ3v) is 6.61. The fourth-order valence-electron chi connectivity index (χ4n) is 4.34. The van der Waals surface area contributed by atoms with Crippen LogP contribution in [-0.4, -0.2) is 80.2 Å². The van der Waals surface area contributed by atoms with Crippen LogP contribution in [0.4, 0.5) is 14.9 Å². The molecule has 0 aliphatic carbocycles. The van der Waals surface area contributed by atoms with E-state index in [0.29, 0.717) is 17.8 Å². The lowest BCUT2D eigenvalue weighted by Crippen LogP contribution is -2.48. The minimum Gasteiger partial charge on any atom is -0.491 e. The molecule has 3 rings (SSSR count). The van der Waals surface area contributed by atoms with Gasteiger partial charge >= 0.3 is 6.03 Å². The highest BCUT2D eigenvalue weighted by atomic mass is 19.1. The predicted molar refractivity (Wildman–Crippen MR) is 143 cm³/mol. The summed E-state index contributed by atoms with van der Waals surface area (Å²) in [5.41, 5.74) is 0.745. The van der Waals surface area contributed by atoms with Gasteiger partial charge in [-0.1, -0.05) is 26.0 Å². The Labute approximate surface area is 223 Å². The molecule has 1 aliphatic heterocycles. The number of amides is 4. The second-order valence-corrected chi connectivity index (χ2v) is 9.63. The van der Waals surface area contributed by atoms with Crippen molar-refractivity contribution >= 4 is 23.5 Å². The first-order valence-corrected chi connectivity index (χ1v) is 12.8. The van der Waals surface area contributed by atoms with E-state index in [1.54, 1.807) is 48.2 Å². The lowest BCUT2D eigenvalue weighted by Gasteiger charge is -2.36. The van der Waals surface area contributed by atoms with Gasteiger partial charge in [0, 0.05) is 51.5 Å². The zero-order valence-electron chi connectivity index (χ0n) is 22.6. The van der Waals surface area contributed by atoms with Crippen LogP contribution in [0.25, 0.3) is 0 Å². The van der Waals surface area contributed by atoms with E-state index < -0.39 is 17.8 Å². The lowest BCUT2D eigenvalue weighted by molar-refractivity contribution is 0.0110. The van der Waals surface area contributed by atoms with Crippen LogP contribution in [0.5, 0.6) is 5.75 Å². The monoisotopic (exact) mass is 528 g/mol. The molecule has 0 saturated carbocycles. The molecule has 38 heavy (non-hydrogen) atoms. The van der Waals surface area contributed by atoms with Crippen LogP contribution in [0.15, 0.2) is 42.5 Å². The lowest BCUT2D eigenvalue weighted by atomic mass is 10.0. The van der Waals surface area contributed by atoms with E-state index in [1.165, 1.54) is 18.2 Å². The number of benzene rings is 2. The van der Waals surface area contributed by atoms with Crippen molar-refractivity contribution in [1.82, 2.24) is 15.1 Å². The molecule has 0 spiro atoms. The third kappa shape index (κ3) is 7.00. The normalized spacial score (nSPS) is 20.5. The molecule has 206 valence electrons. The van der Waals surface area contributed by atoms with Crippen LogP contribution >= 0.6 is 0 Å². The van der Waals surface area contributed by atoms with Crippen LogP contribution in [0, 0.1) is 11.7 Å². The van der Waals surface area contributed by atoms with Crippen molar-refractivity contribution in [2.45, 2.75) is 39.3 Å². The summed E-state index contributed by atoms with van der Waals surface area (Å²) in [6.07, 6.45) is 0.418. The first-order chi connectivity index (χ1) is 18.2. The molecule has 2 aromatic carbocycles. The van der Waals surface area contributed by atoms with E-state index in [4.69, 9.17) is 9.47 Å². The SMILES string of the molecule is CCCNC(=O)Nc1ccc2c(c1)OC[C@@H](C)N(C(=O)c1ccccc1F)C[C@@H](C)[C@H](OC)CN(C)C2=O. The maximum absolute atomic E-state index is 14.5. The van der Waals surface area contributed by atoms with Gasteiger partial charge in [0.2, 0.25) is 0 Å². The van der Waals surface area contributed by atoms with Crippen LogP contribution in [0.2, 0.25) is 0 Å². The minimum atomic E-state index is -0.597. The first-order valence-electron chi connectivity index (χ1n) is 12.8. The average molecular weight is 529 g/mol. The largest absolute Gasteiger partial charge is 0.491 e. The Balaban J connectivity index is 1.97. The zero-order chi connectivity index (χ0) is 27.8. The highest BCUT2D eigenvalue weighted by Gasteiger charge is 2.31. The highest BCUT2D eigenvalue weighted by molar-refractivity contribution is 5.98. The van der Waals surface area contributed by atoms with Crippen molar-refractivity contribution in [3.05, 3.63) is 59.4 Å². The zero-order valence-corrected chi connectivity index (χ0v) is 22.6. The van der Waals surface area contributed by atoms with Gasteiger partial charge in [-0.05, 0) is 37.6 Å².